The number of hydrogen-bond acceptors (Lipinski definition) is 3. The average Bonchev–Trinajstić information content (AvgIpc) is 2.97. The van der Waals surface area contributed by atoms with Crippen LogP contribution < -0.4 is 5.69 Å². The normalized spacial score (nSPS) is 24.6. The number of likely N-dealkylation sites (tertiary alicyclic amines) is 1. The summed E-state index contributed by atoms with van der Waals surface area (Å²) >= 11 is 0. The quantitative estimate of drug-likeness (QED) is 0.815. The van der Waals surface area contributed by atoms with Crippen LogP contribution in [0.25, 0.3) is 11.0 Å². The van der Waals surface area contributed by atoms with Crippen molar-refractivity contribution in [3.05, 3.63) is 34.2 Å². The number of aromatic amines is 1. The van der Waals surface area contributed by atoms with Crippen LogP contribution in [0.15, 0.2) is 23.0 Å². The molecule has 0 amide bonds. The number of halogens is 1. The highest BCUT2D eigenvalue weighted by Crippen LogP contribution is 2.31. The second kappa shape index (κ2) is 9.02. The number of rotatable bonds is 4. The molecule has 1 saturated heterocycles. The molecule has 2 fully saturated rings. The number of aromatic nitrogens is 2. The smallest absolute Gasteiger partial charge is 0.326 e. The Morgan fingerprint density at radius 2 is 1.71 bits per heavy atom. The van der Waals surface area contributed by atoms with E-state index in [0.29, 0.717) is 24.3 Å². The van der Waals surface area contributed by atoms with Crippen molar-refractivity contribution in [2.75, 3.05) is 13.1 Å². The monoisotopic (exact) mass is 407 g/mol. The fourth-order valence-corrected chi connectivity index (χ4v) is 5.03. The number of benzene rings is 1. The minimum absolute atomic E-state index is 0. The summed E-state index contributed by atoms with van der Waals surface area (Å²) in [6.45, 7) is 8.53. The van der Waals surface area contributed by atoms with Crippen molar-refractivity contribution >= 4 is 23.4 Å². The van der Waals surface area contributed by atoms with Gasteiger partial charge in [0.05, 0.1) is 23.2 Å². The Kier molecular flexibility index (Phi) is 6.89. The molecule has 0 bridgehead atoms. The van der Waals surface area contributed by atoms with Crippen LogP contribution in [0.3, 0.4) is 0 Å². The van der Waals surface area contributed by atoms with Crippen LogP contribution in [0, 0.1) is 6.92 Å². The first-order valence-electron chi connectivity index (χ1n) is 10.6. The molecule has 1 aliphatic heterocycles. The lowest BCUT2D eigenvalue weighted by Crippen LogP contribution is -2.45. The Bertz CT molecular complexity index is 828. The van der Waals surface area contributed by atoms with Gasteiger partial charge in [-0.2, -0.15) is 0 Å². The van der Waals surface area contributed by atoms with E-state index in [0.717, 1.165) is 37.0 Å². The molecule has 6 heteroatoms. The molecule has 4 rings (SSSR count). The molecule has 156 valence electrons. The molecule has 1 aromatic carbocycles. The van der Waals surface area contributed by atoms with Gasteiger partial charge < -0.3 is 14.6 Å². The van der Waals surface area contributed by atoms with E-state index in [2.05, 4.69) is 42.8 Å². The van der Waals surface area contributed by atoms with E-state index < -0.39 is 0 Å². The first-order valence-corrected chi connectivity index (χ1v) is 10.6. The number of fused-ring (bicyclic) bond motifs is 1. The number of piperidine rings is 1. The van der Waals surface area contributed by atoms with Gasteiger partial charge in [-0.05, 0) is 77.0 Å². The summed E-state index contributed by atoms with van der Waals surface area (Å²) in [6.07, 6.45) is 7.76. The van der Waals surface area contributed by atoms with Crippen LogP contribution in [0.4, 0.5) is 0 Å². The van der Waals surface area contributed by atoms with Crippen molar-refractivity contribution in [2.45, 2.75) is 83.6 Å². The third-order valence-corrected chi connectivity index (χ3v) is 6.36. The highest BCUT2D eigenvalue weighted by molar-refractivity contribution is 5.85. The van der Waals surface area contributed by atoms with Crippen LogP contribution >= 0.6 is 12.4 Å². The van der Waals surface area contributed by atoms with Crippen LogP contribution in [0.2, 0.25) is 0 Å². The number of aryl methyl sites for hydroxylation is 1. The van der Waals surface area contributed by atoms with Gasteiger partial charge in [-0.15, -0.1) is 12.4 Å². The Balaban J connectivity index is 0.00000225. The lowest BCUT2D eigenvalue weighted by atomic mass is 9.90. The summed E-state index contributed by atoms with van der Waals surface area (Å²) in [5.41, 5.74) is 3.26. The molecule has 2 aromatic rings. The van der Waals surface area contributed by atoms with E-state index >= 15 is 0 Å². The van der Waals surface area contributed by atoms with E-state index in [4.69, 9.17) is 4.74 Å². The second-order valence-corrected chi connectivity index (χ2v) is 8.70. The molecule has 1 aromatic heterocycles. The molecule has 0 radical (unpaired) electrons. The number of nitrogens with one attached hydrogen (secondary N) is 1. The first kappa shape index (κ1) is 21.4. The standard InChI is InChI=1S/C22H33N3O2.ClH/c1-15(2)27-19-7-5-17(6-8-19)24-12-10-18(11-13-24)25-21-14-16(3)4-9-20(21)23-22(25)26;/h4,9,14-15,17-19H,5-8,10-13H2,1-3H3,(H,23,26);1H. The van der Waals surface area contributed by atoms with Gasteiger partial charge in [-0.25, -0.2) is 4.79 Å². The van der Waals surface area contributed by atoms with Crippen molar-refractivity contribution in [2.24, 2.45) is 0 Å². The summed E-state index contributed by atoms with van der Waals surface area (Å²) < 4.78 is 8.00. The second-order valence-electron chi connectivity index (χ2n) is 8.70. The average molecular weight is 408 g/mol. The minimum Gasteiger partial charge on any atom is -0.376 e. The number of H-pyrrole nitrogens is 1. The third-order valence-electron chi connectivity index (χ3n) is 6.36. The van der Waals surface area contributed by atoms with E-state index in [9.17, 15) is 4.79 Å². The molecule has 2 aliphatic rings. The van der Waals surface area contributed by atoms with Crippen molar-refractivity contribution in [1.29, 1.82) is 0 Å². The van der Waals surface area contributed by atoms with Gasteiger partial charge in [0, 0.05) is 25.2 Å². The van der Waals surface area contributed by atoms with E-state index in [-0.39, 0.29) is 18.1 Å². The van der Waals surface area contributed by atoms with Gasteiger partial charge in [0.25, 0.3) is 0 Å². The number of nitrogens with zero attached hydrogens (tertiary/aromatic N) is 2. The van der Waals surface area contributed by atoms with Gasteiger partial charge in [-0.1, -0.05) is 6.07 Å². The van der Waals surface area contributed by atoms with E-state index in [1.165, 1.54) is 31.2 Å². The van der Waals surface area contributed by atoms with Crippen molar-refractivity contribution in [3.8, 4) is 0 Å². The lowest BCUT2D eigenvalue weighted by Gasteiger charge is -2.41. The fourth-order valence-electron chi connectivity index (χ4n) is 5.03. The van der Waals surface area contributed by atoms with Crippen molar-refractivity contribution in [1.82, 2.24) is 14.5 Å². The lowest BCUT2D eigenvalue weighted by molar-refractivity contribution is -0.0289. The Hall–Kier alpha value is -1.30. The largest absolute Gasteiger partial charge is 0.376 e. The zero-order valence-electron chi connectivity index (χ0n) is 17.3. The van der Waals surface area contributed by atoms with Gasteiger partial charge in [0.15, 0.2) is 0 Å². The molecule has 2 heterocycles. The molecule has 1 aliphatic carbocycles. The third kappa shape index (κ3) is 4.47. The molecular weight excluding hydrogens is 374 g/mol. The van der Waals surface area contributed by atoms with Crippen LogP contribution in [0.5, 0.6) is 0 Å². The highest BCUT2D eigenvalue weighted by atomic mass is 35.5. The minimum atomic E-state index is 0. The molecule has 28 heavy (non-hydrogen) atoms. The Morgan fingerprint density at radius 3 is 2.36 bits per heavy atom. The van der Waals surface area contributed by atoms with Gasteiger partial charge >= 0.3 is 5.69 Å². The summed E-state index contributed by atoms with van der Waals surface area (Å²) in [5, 5.41) is 0. The number of imidazole rings is 1. The fraction of sp³-hybridized carbons (Fsp3) is 0.682. The van der Waals surface area contributed by atoms with Crippen molar-refractivity contribution in [3.63, 3.8) is 0 Å². The molecule has 0 unspecified atom stereocenters. The maximum absolute atomic E-state index is 12.5. The topological polar surface area (TPSA) is 50.3 Å². The van der Waals surface area contributed by atoms with Gasteiger partial charge in [-0.3, -0.25) is 4.57 Å². The number of hydrogen-bond donors (Lipinski definition) is 1. The molecular formula is C22H34ClN3O2. The maximum Gasteiger partial charge on any atom is 0.326 e. The zero-order valence-corrected chi connectivity index (χ0v) is 18.1. The van der Waals surface area contributed by atoms with Crippen LogP contribution in [0.1, 0.15) is 64.0 Å². The van der Waals surface area contributed by atoms with Gasteiger partial charge in [0.2, 0.25) is 0 Å². The first-order chi connectivity index (χ1) is 13.0. The summed E-state index contributed by atoms with van der Waals surface area (Å²) in [7, 11) is 0. The Labute approximate surface area is 173 Å². The predicted octanol–water partition coefficient (Wildman–Crippen LogP) is 4.43. The molecule has 0 spiro atoms. The van der Waals surface area contributed by atoms with Crippen LogP contribution in [-0.4, -0.2) is 45.8 Å². The molecule has 0 atom stereocenters. The predicted molar refractivity (Wildman–Crippen MR) is 117 cm³/mol. The molecule has 1 N–H and O–H groups in total. The van der Waals surface area contributed by atoms with Gasteiger partial charge in [0.1, 0.15) is 0 Å². The summed E-state index contributed by atoms with van der Waals surface area (Å²) in [6, 6.07) is 7.22. The number of ether oxygens (including phenoxy) is 1. The molecule has 5 nitrogen and oxygen atoms in total. The highest BCUT2D eigenvalue weighted by Gasteiger charge is 2.30. The van der Waals surface area contributed by atoms with Crippen molar-refractivity contribution < 1.29 is 4.74 Å². The Morgan fingerprint density at radius 1 is 1.04 bits per heavy atom. The maximum atomic E-state index is 12.5. The summed E-state index contributed by atoms with van der Waals surface area (Å²) in [5.74, 6) is 0. The summed E-state index contributed by atoms with van der Waals surface area (Å²) in [4.78, 5) is 18.2. The SMILES string of the molecule is Cc1ccc2[nH]c(=O)n(C3CCN(C4CCC(OC(C)C)CC4)CC3)c2c1.Cl. The van der Waals surface area contributed by atoms with E-state index in [1.54, 1.807) is 0 Å². The van der Waals surface area contributed by atoms with Crippen LogP contribution in [-0.2, 0) is 4.74 Å². The van der Waals surface area contributed by atoms with E-state index in [1.807, 2.05) is 10.6 Å². The molecule has 1 saturated carbocycles. The zero-order chi connectivity index (χ0) is 19.0.